The highest BCUT2D eigenvalue weighted by molar-refractivity contribution is 6.01. The van der Waals surface area contributed by atoms with Crippen LogP contribution in [0.25, 0.3) is 0 Å². The van der Waals surface area contributed by atoms with E-state index in [1.54, 1.807) is 0 Å². The van der Waals surface area contributed by atoms with Gasteiger partial charge in [-0.05, 0) is 6.92 Å². The fourth-order valence-corrected chi connectivity index (χ4v) is 1.65. The Morgan fingerprint density at radius 3 is 3.06 bits per heavy atom. The van der Waals surface area contributed by atoms with Crippen molar-refractivity contribution < 1.29 is 19.4 Å². The number of anilines is 1. The summed E-state index contributed by atoms with van der Waals surface area (Å²) in [5.74, 6) is -0.824. The number of methoxy groups -OCH3 is 1. The van der Waals surface area contributed by atoms with Crippen LogP contribution in [0.15, 0.2) is 6.20 Å². The molecule has 1 aliphatic heterocycles. The van der Waals surface area contributed by atoms with Gasteiger partial charge in [-0.15, -0.1) is 0 Å². The minimum absolute atomic E-state index is 0.109. The Balaban J connectivity index is 2.53. The van der Waals surface area contributed by atoms with Gasteiger partial charge in [-0.2, -0.15) is 5.10 Å². The average molecular weight is 225 g/mol. The molecule has 86 valence electrons. The molecule has 2 rings (SSSR count). The predicted octanol–water partition coefficient (Wildman–Crippen LogP) is -0.323. The van der Waals surface area contributed by atoms with Gasteiger partial charge < -0.3 is 15.2 Å². The zero-order valence-electron chi connectivity index (χ0n) is 8.85. The minimum Gasteiger partial charge on any atom is -0.465 e. The first-order valence-corrected chi connectivity index (χ1v) is 4.65. The van der Waals surface area contributed by atoms with Gasteiger partial charge in [0.2, 0.25) is 5.91 Å². The third-order valence-corrected chi connectivity index (χ3v) is 2.38. The van der Waals surface area contributed by atoms with Crippen LogP contribution in [0.3, 0.4) is 0 Å². The summed E-state index contributed by atoms with van der Waals surface area (Å²) in [6.07, 6.45) is 1.14. The van der Waals surface area contributed by atoms with Crippen LogP contribution >= 0.6 is 0 Å². The Morgan fingerprint density at radius 2 is 2.44 bits per heavy atom. The number of amides is 1. The summed E-state index contributed by atoms with van der Waals surface area (Å²) in [7, 11) is 1.23. The molecule has 2 heterocycles. The molecule has 0 spiro atoms. The molecule has 1 aromatic heterocycles. The van der Waals surface area contributed by atoms with Crippen LogP contribution in [-0.2, 0) is 15.3 Å². The van der Waals surface area contributed by atoms with E-state index in [0.717, 1.165) is 0 Å². The van der Waals surface area contributed by atoms with Crippen LogP contribution in [0.2, 0.25) is 0 Å². The van der Waals surface area contributed by atoms with Gasteiger partial charge in [-0.25, -0.2) is 9.48 Å². The van der Waals surface area contributed by atoms with E-state index in [2.05, 4.69) is 15.2 Å². The van der Waals surface area contributed by atoms with Crippen molar-refractivity contribution in [3.05, 3.63) is 11.8 Å². The summed E-state index contributed by atoms with van der Waals surface area (Å²) < 4.78 is 5.73. The molecule has 0 aliphatic carbocycles. The van der Waals surface area contributed by atoms with Crippen molar-refractivity contribution >= 4 is 17.7 Å². The fourth-order valence-electron chi connectivity index (χ4n) is 1.65. The molecule has 1 atom stereocenters. The molecule has 7 nitrogen and oxygen atoms in total. The quantitative estimate of drug-likeness (QED) is 0.639. The standard InChI is InChI=1S/C9H11N3O4/c1-9(15)3-6(13)11-7-5(8(14)16-2)4-10-12(7)9/h4,15H,3H2,1-2H3,(H,11,13). The van der Waals surface area contributed by atoms with Crippen molar-refractivity contribution in [1.29, 1.82) is 0 Å². The Hall–Kier alpha value is -1.89. The van der Waals surface area contributed by atoms with Gasteiger partial charge in [0.1, 0.15) is 11.4 Å². The number of nitrogens with one attached hydrogen (secondary N) is 1. The first kappa shape index (κ1) is 10.6. The van der Waals surface area contributed by atoms with E-state index in [1.807, 2.05) is 0 Å². The maximum atomic E-state index is 11.4. The smallest absolute Gasteiger partial charge is 0.343 e. The van der Waals surface area contributed by atoms with Crippen LogP contribution < -0.4 is 5.32 Å². The minimum atomic E-state index is -1.43. The molecule has 0 fully saturated rings. The van der Waals surface area contributed by atoms with E-state index in [9.17, 15) is 14.7 Å². The van der Waals surface area contributed by atoms with Crippen LogP contribution in [0.4, 0.5) is 5.82 Å². The van der Waals surface area contributed by atoms with E-state index in [-0.39, 0.29) is 23.7 Å². The van der Waals surface area contributed by atoms with Crippen molar-refractivity contribution in [2.45, 2.75) is 19.1 Å². The van der Waals surface area contributed by atoms with E-state index in [4.69, 9.17) is 0 Å². The third-order valence-electron chi connectivity index (χ3n) is 2.38. The summed E-state index contributed by atoms with van der Waals surface area (Å²) in [4.78, 5) is 22.7. The zero-order valence-corrected chi connectivity index (χ0v) is 8.85. The molecule has 1 aliphatic rings. The SMILES string of the molecule is COC(=O)c1cnn2c1NC(=O)CC2(C)O. The highest BCUT2D eigenvalue weighted by Crippen LogP contribution is 2.29. The molecule has 0 bridgehead atoms. The van der Waals surface area contributed by atoms with Crippen molar-refractivity contribution in [1.82, 2.24) is 9.78 Å². The number of carbonyl (C=O) groups excluding carboxylic acids is 2. The van der Waals surface area contributed by atoms with Crippen molar-refractivity contribution in [3.8, 4) is 0 Å². The molecule has 16 heavy (non-hydrogen) atoms. The van der Waals surface area contributed by atoms with Gasteiger partial charge in [-0.1, -0.05) is 0 Å². The van der Waals surface area contributed by atoms with E-state index in [0.29, 0.717) is 0 Å². The predicted molar refractivity (Wildman–Crippen MR) is 52.7 cm³/mol. The van der Waals surface area contributed by atoms with E-state index in [1.165, 1.54) is 24.9 Å². The van der Waals surface area contributed by atoms with Crippen molar-refractivity contribution in [3.63, 3.8) is 0 Å². The van der Waals surface area contributed by atoms with Crippen molar-refractivity contribution in [2.24, 2.45) is 0 Å². The summed E-state index contributed by atoms with van der Waals surface area (Å²) >= 11 is 0. The number of aromatic nitrogens is 2. The highest BCUT2D eigenvalue weighted by atomic mass is 16.5. The molecule has 7 heteroatoms. The molecule has 0 saturated heterocycles. The molecule has 0 saturated carbocycles. The van der Waals surface area contributed by atoms with Gasteiger partial charge in [0.15, 0.2) is 5.72 Å². The number of hydrogen-bond acceptors (Lipinski definition) is 5. The summed E-state index contributed by atoms with van der Waals surface area (Å²) in [5, 5.41) is 16.3. The van der Waals surface area contributed by atoms with E-state index >= 15 is 0 Å². The van der Waals surface area contributed by atoms with E-state index < -0.39 is 11.7 Å². The summed E-state index contributed by atoms with van der Waals surface area (Å²) in [5.41, 5.74) is -1.31. The average Bonchev–Trinajstić information content (AvgIpc) is 2.59. The van der Waals surface area contributed by atoms with Crippen LogP contribution in [0.5, 0.6) is 0 Å². The Morgan fingerprint density at radius 1 is 1.75 bits per heavy atom. The molecule has 1 unspecified atom stereocenters. The first-order chi connectivity index (χ1) is 7.45. The molecule has 1 aromatic rings. The third kappa shape index (κ3) is 1.45. The number of hydrogen-bond donors (Lipinski definition) is 2. The van der Waals surface area contributed by atoms with Crippen LogP contribution in [-0.4, -0.2) is 33.9 Å². The highest BCUT2D eigenvalue weighted by Gasteiger charge is 2.37. The molecule has 2 N–H and O–H groups in total. The molecule has 1 amide bonds. The second kappa shape index (κ2) is 3.31. The molecule has 0 aromatic carbocycles. The number of ether oxygens (including phenoxy) is 1. The van der Waals surface area contributed by atoms with Crippen molar-refractivity contribution in [2.75, 3.05) is 12.4 Å². The number of esters is 1. The molecule has 0 radical (unpaired) electrons. The number of rotatable bonds is 1. The molecular weight excluding hydrogens is 214 g/mol. The lowest BCUT2D eigenvalue weighted by atomic mass is 10.1. The number of carbonyl (C=O) groups is 2. The number of aliphatic hydroxyl groups is 1. The number of nitrogens with zero attached hydrogens (tertiary/aromatic N) is 2. The van der Waals surface area contributed by atoms with Crippen LogP contribution in [0.1, 0.15) is 23.7 Å². The first-order valence-electron chi connectivity index (χ1n) is 4.65. The Bertz CT molecular complexity index is 463. The summed E-state index contributed by atoms with van der Waals surface area (Å²) in [6, 6.07) is 0. The fraction of sp³-hybridized carbons (Fsp3) is 0.444. The maximum absolute atomic E-state index is 11.4. The molecular formula is C9H11N3O4. The monoisotopic (exact) mass is 225 g/mol. The van der Waals surface area contributed by atoms with Gasteiger partial charge in [0.25, 0.3) is 0 Å². The van der Waals surface area contributed by atoms with Gasteiger partial charge in [0, 0.05) is 0 Å². The second-order valence-corrected chi connectivity index (χ2v) is 3.75. The lowest BCUT2D eigenvalue weighted by molar-refractivity contribution is -0.127. The summed E-state index contributed by atoms with van der Waals surface area (Å²) in [6.45, 7) is 1.45. The zero-order chi connectivity index (χ0) is 11.9. The Labute approximate surface area is 91.0 Å². The topological polar surface area (TPSA) is 93.5 Å². The van der Waals surface area contributed by atoms with Gasteiger partial charge in [0.05, 0.1) is 19.7 Å². The maximum Gasteiger partial charge on any atom is 0.343 e. The van der Waals surface area contributed by atoms with Crippen LogP contribution in [0, 0.1) is 0 Å². The largest absolute Gasteiger partial charge is 0.465 e. The lowest BCUT2D eigenvalue weighted by Crippen LogP contribution is -2.41. The number of fused-ring (bicyclic) bond motifs is 1. The van der Waals surface area contributed by atoms with Gasteiger partial charge in [-0.3, -0.25) is 4.79 Å². The van der Waals surface area contributed by atoms with Gasteiger partial charge >= 0.3 is 5.97 Å². The normalized spacial score (nSPS) is 23.6. The second-order valence-electron chi connectivity index (χ2n) is 3.75. The lowest BCUT2D eigenvalue weighted by Gasteiger charge is -2.29. The Kier molecular flexibility index (Phi) is 2.20.